The fraction of sp³-hybridized carbons (Fsp3) is 0.101. The Morgan fingerprint density at radius 1 is 0.583 bits per heavy atom. The van der Waals surface area contributed by atoms with Gasteiger partial charge < -0.3 is 14.2 Å². The molecule has 0 spiro atoms. The van der Waals surface area contributed by atoms with Crippen LogP contribution in [-0.4, -0.2) is 0 Å². The summed E-state index contributed by atoms with van der Waals surface area (Å²) < 4.78 is 6.85. The van der Waals surface area contributed by atoms with Gasteiger partial charge >= 0.3 is 0 Å². The minimum atomic E-state index is -0.789. The van der Waals surface area contributed by atoms with Crippen LogP contribution in [0.25, 0.3) is 51.1 Å². The van der Waals surface area contributed by atoms with Gasteiger partial charge in [0, 0.05) is 44.7 Å². The Balaban J connectivity index is 1.16. The number of benzene rings is 8. The van der Waals surface area contributed by atoms with E-state index in [2.05, 4.69) is 239 Å². The molecule has 0 unspecified atom stereocenters. The standard InChI is InChI=1S/C69H56N2O/c1-8-23-48(9-2)70(50-39-41-60-58(42-50)54-28-18-20-31-59(54)68(60,6)7)64-44-62-66(53(11-4)52(64)10-3)57-40-38-51(43-61(57)69(62,46-24-14-12-15-25-46)47-26-16-13-17-27-47)71(49-36-34-45(5)35-37-49)63-32-22-30-56-55-29-19-21-33-65(55)72-67(56)63/h8-21,23-29,31-44H,1-4,22,30H2,5-7H3/b48-23+. The van der Waals surface area contributed by atoms with Crippen LogP contribution in [0.5, 0.6) is 0 Å². The summed E-state index contributed by atoms with van der Waals surface area (Å²) in [5.41, 5.74) is 22.5. The molecule has 348 valence electrons. The summed E-state index contributed by atoms with van der Waals surface area (Å²) in [4.78, 5) is 4.74. The van der Waals surface area contributed by atoms with Crippen molar-refractivity contribution in [2.75, 3.05) is 9.80 Å². The summed E-state index contributed by atoms with van der Waals surface area (Å²) in [6, 6.07) is 64.6. The van der Waals surface area contributed by atoms with E-state index in [4.69, 9.17) is 4.42 Å². The van der Waals surface area contributed by atoms with Crippen molar-refractivity contribution < 1.29 is 4.42 Å². The SMILES string of the molecule is C=C/C=C(\C=C)N(c1ccc2c(c1)-c1ccccc1C2(C)C)c1cc2c(c(C=C)c1C=C)-c1ccc(N(C3=CCCc4c3oc3ccccc43)c3ccc(C)cc3)cc1C2(c1ccccc1)c1ccccc1. The van der Waals surface area contributed by atoms with Crippen LogP contribution in [0.3, 0.4) is 0 Å². The molecule has 0 saturated heterocycles. The lowest BCUT2D eigenvalue weighted by molar-refractivity contribution is 0.588. The summed E-state index contributed by atoms with van der Waals surface area (Å²) in [6.07, 6.45) is 14.0. The number of hydrogen-bond donors (Lipinski definition) is 0. The Morgan fingerprint density at radius 2 is 1.24 bits per heavy atom. The van der Waals surface area contributed by atoms with E-state index < -0.39 is 5.41 Å². The fourth-order valence-corrected chi connectivity index (χ4v) is 12.4. The van der Waals surface area contributed by atoms with Gasteiger partial charge in [0.25, 0.3) is 0 Å². The van der Waals surface area contributed by atoms with E-state index >= 15 is 0 Å². The molecule has 0 aliphatic heterocycles. The van der Waals surface area contributed by atoms with E-state index in [-0.39, 0.29) is 5.41 Å². The molecule has 1 heterocycles. The van der Waals surface area contributed by atoms with Gasteiger partial charge in [-0.15, -0.1) is 0 Å². The lowest BCUT2D eigenvalue weighted by Gasteiger charge is -2.36. The number of fused-ring (bicyclic) bond motifs is 9. The number of para-hydroxylation sites is 1. The highest BCUT2D eigenvalue weighted by Crippen LogP contribution is 2.61. The lowest BCUT2D eigenvalue weighted by atomic mass is 9.67. The topological polar surface area (TPSA) is 19.6 Å². The number of nitrogens with zero attached hydrogens (tertiary/aromatic N) is 2. The van der Waals surface area contributed by atoms with Crippen LogP contribution in [0.1, 0.15) is 81.7 Å². The van der Waals surface area contributed by atoms with E-state index in [1.807, 2.05) is 30.4 Å². The number of furan rings is 1. The van der Waals surface area contributed by atoms with Crippen LogP contribution >= 0.6 is 0 Å². The van der Waals surface area contributed by atoms with Gasteiger partial charge in [-0.3, -0.25) is 0 Å². The van der Waals surface area contributed by atoms with E-state index in [0.717, 1.165) is 97.3 Å². The average molecular weight is 929 g/mol. The quantitative estimate of drug-likeness (QED) is 0.114. The Hall–Kier alpha value is -8.66. The van der Waals surface area contributed by atoms with Crippen molar-refractivity contribution >= 4 is 51.6 Å². The predicted octanol–water partition coefficient (Wildman–Crippen LogP) is 18.2. The van der Waals surface area contributed by atoms with E-state index in [1.54, 1.807) is 0 Å². The molecule has 1 aromatic heterocycles. The van der Waals surface area contributed by atoms with Crippen LogP contribution in [0.2, 0.25) is 0 Å². The molecule has 3 aliphatic rings. The van der Waals surface area contributed by atoms with Gasteiger partial charge in [-0.05, 0) is 142 Å². The molecule has 9 aromatic rings. The largest absolute Gasteiger partial charge is 0.454 e. The molecule has 3 aliphatic carbocycles. The summed E-state index contributed by atoms with van der Waals surface area (Å²) in [5, 5.41) is 1.18. The van der Waals surface area contributed by atoms with Gasteiger partial charge in [-0.25, -0.2) is 0 Å². The molecule has 0 fully saturated rings. The maximum absolute atomic E-state index is 6.85. The van der Waals surface area contributed by atoms with Crippen molar-refractivity contribution in [3.8, 4) is 22.3 Å². The zero-order chi connectivity index (χ0) is 49.3. The molecular weight excluding hydrogens is 873 g/mol. The molecule has 0 radical (unpaired) electrons. The molecule has 3 heteroatoms. The molecule has 0 atom stereocenters. The van der Waals surface area contributed by atoms with E-state index in [1.165, 1.54) is 44.3 Å². The van der Waals surface area contributed by atoms with Gasteiger partial charge in [-0.1, -0.05) is 197 Å². The highest BCUT2D eigenvalue weighted by molar-refractivity contribution is 6.01. The van der Waals surface area contributed by atoms with Gasteiger partial charge in [0.15, 0.2) is 5.76 Å². The number of hydrogen-bond acceptors (Lipinski definition) is 3. The Kier molecular flexibility index (Phi) is 10.7. The lowest BCUT2D eigenvalue weighted by Crippen LogP contribution is -2.29. The average Bonchev–Trinajstić information content (AvgIpc) is 4.02. The normalized spacial score (nSPS) is 14.5. The molecule has 8 aromatic carbocycles. The van der Waals surface area contributed by atoms with Gasteiger partial charge in [0.1, 0.15) is 5.58 Å². The van der Waals surface area contributed by atoms with Crippen LogP contribution in [0.15, 0.2) is 237 Å². The zero-order valence-electron chi connectivity index (χ0n) is 41.3. The maximum atomic E-state index is 6.85. The summed E-state index contributed by atoms with van der Waals surface area (Å²) in [6.45, 7) is 24.5. The van der Waals surface area contributed by atoms with Gasteiger partial charge in [0.2, 0.25) is 0 Å². The smallest absolute Gasteiger partial charge is 0.155 e. The first-order chi connectivity index (χ1) is 35.2. The Bertz CT molecular complexity index is 3710. The van der Waals surface area contributed by atoms with Gasteiger partial charge in [0.05, 0.1) is 16.8 Å². The third-order valence-corrected chi connectivity index (χ3v) is 15.6. The van der Waals surface area contributed by atoms with Crippen LogP contribution < -0.4 is 9.80 Å². The fourth-order valence-electron chi connectivity index (χ4n) is 12.4. The van der Waals surface area contributed by atoms with Crippen molar-refractivity contribution in [1.82, 2.24) is 0 Å². The third-order valence-electron chi connectivity index (χ3n) is 15.6. The molecule has 0 bridgehead atoms. The number of allylic oxidation sites excluding steroid dienone is 4. The summed E-state index contributed by atoms with van der Waals surface area (Å²) >= 11 is 0. The Labute approximate surface area is 424 Å². The summed E-state index contributed by atoms with van der Waals surface area (Å²) in [5.74, 6) is 0.919. The minimum Gasteiger partial charge on any atom is -0.454 e. The molecule has 0 N–H and O–H groups in total. The van der Waals surface area contributed by atoms with E-state index in [9.17, 15) is 0 Å². The molecule has 72 heavy (non-hydrogen) atoms. The molecule has 3 nitrogen and oxygen atoms in total. The molecule has 0 amide bonds. The second-order valence-electron chi connectivity index (χ2n) is 19.7. The van der Waals surface area contributed by atoms with E-state index in [0.29, 0.717) is 0 Å². The first-order valence-electron chi connectivity index (χ1n) is 25.0. The van der Waals surface area contributed by atoms with Crippen molar-refractivity contribution in [1.29, 1.82) is 0 Å². The molecular formula is C69H56N2O. The first-order valence-corrected chi connectivity index (χ1v) is 25.0. The van der Waals surface area contributed by atoms with Crippen molar-refractivity contribution in [3.05, 3.63) is 294 Å². The predicted molar refractivity (Wildman–Crippen MR) is 304 cm³/mol. The molecule has 12 rings (SSSR count). The third kappa shape index (κ3) is 6.57. The minimum absolute atomic E-state index is 0.143. The van der Waals surface area contributed by atoms with Crippen LogP contribution in [0, 0.1) is 6.92 Å². The second kappa shape index (κ2) is 17.3. The van der Waals surface area contributed by atoms with Crippen molar-refractivity contribution in [3.63, 3.8) is 0 Å². The first kappa shape index (κ1) is 44.5. The van der Waals surface area contributed by atoms with Crippen LogP contribution in [0.4, 0.5) is 22.7 Å². The summed E-state index contributed by atoms with van der Waals surface area (Å²) in [7, 11) is 0. The number of rotatable bonds is 12. The Morgan fingerprint density at radius 3 is 1.94 bits per heavy atom. The monoisotopic (exact) mass is 928 g/mol. The number of aryl methyl sites for hydroxylation is 2. The van der Waals surface area contributed by atoms with Crippen LogP contribution in [-0.2, 0) is 17.3 Å². The highest BCUT2D eigenvalue weighted by Gasteiger charge is 2.48. The number of anilines is 4. The highest BCUT2D eigenvalue weighted by atomic mass is 16.3. The maximum Gasteiger partial charge on any atom is 0.155 e. The molecule has 0 saturated carbocycles. The van der Waals surface area contributed by atoms with Crippen molar-refractivity contribution in [2.24, 2.45) is 0 Å². The second-order valence-corrected chi connectivity index (χ2v) is 19.7. The van der Waals surface area contributed by atoms with Crippen molar-refractivity contribution in [2.45, 2.75) is 44.4 Å². The van der Waals surface area contributed by atoms with Gasteiger partial charge in [-0.2, -0.15) is 0 Å². The zero-order valence-corrected chi connectivity index (χ0v) is 41.3.